The minimum atomic E-state index is 0.467. The number of morpholine rings is 1. The summed E-state index contributed by atoms with van der Waals surface area (Å²) in [5.74, 6) is 2.62. The monoisotopic (exact) mass is 460 g/mol. The van der Waals surface area contributed by atoms with E-state index < -0.39 is 0 Å². The molecule has 0 bridgehead atoms. The van der Waals surface area contributed by atoms with E-state index >= 15 is 0 Å². The first-order valence-corrected chi connectivity index (χ1v) is 11.2. The Kier molecular flexibility index (Phi) is 7.91. The first kappa shape index (κ1) is 23.5. The average molecular weight is 461 g/mol. The minimum absolute atomic E-state index is 0.467. The van der Waals surface area contributed by atoms with Gasteiger partial charge < -0.3 is 18.9 Å². The van der Waals surface area contributed by atoms with Crippen molar-refractivity contribution in [2.75, 3.05) is 53.7 Å². The molecule has 0 radical (unpaired) electrons. The molecule has 8 nitrogen and oxygen atoms in total. The van der Waals surface area contributed by atoms with Gasteiger partial charge in [-0.1, -0.05) is 6.07 Å². The fraction of sp³-hybridized carbons (Fsp3) is 0.346. The minimum Gasteiger partial charge on any atom is -0.495 e. The van der Waals surface area contributed by atoms with E-state index in [1.807, 2.05) is 30.3 Å². The zero-order chi connectivity index (χ0) is 23.8. The van der Waals surface area contributed by atoms with Gasteiger partial charge in [0, 0.05) is 37.8 Å². The first-order chi connectivity index (χ1) is 16.7. The van der Waals surface area contributed by atoms with Gasteiger partial charge in [0.2, 0.25) is 0 Å². The van der Waals surface area contributed by atoms with E-state index in [-0.39, 0.29) is 0 Å². The molecule has 2 aromatic carbocycles. The van der Waals surface area contributed by atoms with Gasteiger partial charge in [0.05, 0.1) is 38.7 Å². The van der Waals surface area contributed by atoms with Crippen LogP contribution in [0.4, 0.5) is 0 Å². The maximum Gasteiger partial charge on any atom is 0.161 e. The van der Waals surface area contributed by atoms with E-state index in [0.717, 1.165) is 49.7 Å². The summed E-state index contributed by atoms with van der Waals surface area (Å²) < 4.78 is 22.2. The second-order valence-corrected chi connectivity index (χ2v) is 7.85. The van der Waals surface area contributed by atoms with Crippen LogP contribution in [0.3, 0.4) is 0 Å². The molecule has 3 aromatic rings. The smallest absolute Gasteiger partial charge is 0.161 e. The van der Waals surface area contributed by atoms with Crippen molar-refractivity contribution in [1.29, 1.82) is 5.26 Å². The van der Waals surface area contributed by atoms with Crippen molar-refractivity contribution in [2.45, 2.75) is 6.42 Å². The van der Waals surface area contributed by atoms with Gasteiger partial charge in [-0.2, -0.15) is 5.26 Å². The standard InChI is InChI=1S/C26H28N4O4/c1-31-23-6-4-20(17-21(23)18-27)22-7-8-28-26(29-22)16-19-3-5-24(32-2)25(15-19)34-14-11-30-9-12-33-13-10-30/h3-8,15,17H,9-14,16H2,1-2H3. The summed E-state index contributed by atoms with van der Waals surface area (Å²) >= 11 is 0. The predicted molar refractivity (Wildman–Crippen MR) is 127 cm³/mol. The molecule has 0 amide bonds. The second-order valence-electron chi connectivity index (χ2n) is 7.85. The molecule has 34 heavy (non-hydrogen) atoms. The van der Waals surface area contributed by atoms with Crippen molar-refractivity contribution < 1.29 is 18.9 Å². The van der Waals surface area contributed by atoms with Crippen LogP contribution < -0.4 is 14.2 Å². The fourth-order valence-corrected chi connectivity index (χ4v) is 3.84. The van der Waals surface area contributed by atoms with Crippen molar-refractivity contribution >= 4 is 0 Å². The molecule has 1 saturated heterocycles. The van der Waals surface area contributed by atoms with E-state index in [4.69, 9.17) is 23.9 Å². The number of nitriles is 1. The molecule has 1 aliphatic rings. The largest absolute Gasteiger partial charge is 0.495 e. The summed E-state index contributed by atoms with van der Waals surface area (Å²) in [6, 6.07) is 15.3. The predicted octanol–water partition coefficient (Wildman–Crippen LogP) is 3.33. The van der Waals surface area contributed by atoms with E-state index in [1.165, 1.54) is 0 Å². The van der Waals surface area contributed by atoms with Crippen LogP contribution in [-0.4, -0.2) is 68.5 Å². The molecular weight excluding hydrogens is 432 g/mol. The Balaban J connectivity index is 1.47. The molecular formula is C26H28N4O4. The highest BCUT2D eigenvalue weighted by Gasteiger charge is 2.13. The van der Waals surface area contributed by atoms with Gasteiger partial charge in [-0.3, -0.25) is 4.90 Å². The summed E-state index contributed by atoms with van der Waals surface area (Å²) in [6.45, 7) is 4.81. The lowest BCUT2D eigenvalue weighted by molar-refractivity contribution is 0.0321. The number of hydrogen-bond acceptors (Lipinski definition) is 8. The summed E-state index contributed by atoms with van der Waals surface area (Å²) in [5, 5.41) is 9.38. The van der Waals surface area contributed by atoms with E-state index in [2.05, 4.69) is 16.0 Å². The van der Waals surface area contributed by atoms with Gasteiger partial charge in [0.1, 0.15) is 24.3 Å². The van der Waals surface area contributed by atoms with Gasteiger partial charge in [0.15, 0.2) is 11.5 Å². The van der Waals surface area contributed by atoms with Crippen molar-refractivity contribution in [3.8, 4) is 34.6 Å². The van der Waals surface area contributed by atoms with Crippen molar-refractivity contribution in [2.24, 2.45) is 0 Å². The molecule has 0 unspecified atom stereocenters. The Bertz CT molecular complexity index is 1160. The van der Waals surface area contributed by atoms with E-state index in [9.17, 15) is 5.26 Å². The fourth-order valence-electron chi connectivity index (χ4n) is 3.84. The maximum absolute atomic E-state index is 9.38. The highest BCUT2D eigenvalue weighted by atomic mass is 16.5. The van der Waals surface area contributed by atoms with Crippen LogP contribution in [0.2, 0.25) is 0 Å². The molecule has 1 fully saturated rings. The zero-order valence-electron chi connectivity index (χ0n) is 19.5. The zero-order valence-corrected chi connectivity index (χ0v) is 19.5. The summed E-state index contributed by atoms with van der Waals surface area (Å²) in [6.07, 6.45) is 2.27. The van der Waals surface area contributed by atoms with Gasteiger partial charge in [-0.15, -0.1) is 0 Å². The molecule has 4 rings (SSSR count). The third kappa shape index (κ3) is 5.81. The molecule has 0 spiro atoms. The lowest BCUT2D eigenvalue weighted by atomic mass is 10.1. The molecule has 0 N–H and O–H groups in total. The Hall–Kier alpha value is -3.67. The number of hydrogen-bond donors (Lipinski definition) is 0. The van der Waals surface area contributed by atoms with Crippen LogP contribution >= 0.6 is 0 Å². The molecule has 176 valence electrons. The van der Waals surface area contributed by atoms with Crippen molar-refractivity contribution in [3.63, 3.8) is 0 Å². The van der Waals surface area contributed by atoms with E-state index in [1.54, 1.807) is 32.5 Å². The van der Waals surface area contributed by atoms with Crippen LogP contribution in [0.15, 0.2) is 48.7 Å². The maximum atomic E-state index is 9.38. The molecule has 1 aromatic heterocycles. The molecule has 0 saturated carbocycles. The molecule has 2 heterocycles. The molecule has 8 heteroatoms. The third-order valence-electron chi connectivity index (χ3n) is 5.68. The van der Waals surface area contributed by atoms with Gasteiger partial charge >= 0.3 is 0 Å². The number of aromatic nitrogens is 2. The van der Waals surface area contributed by atoms with Gasteiger partial charge in [0.25, 0.3) is 0 Å². The lowest BCUT2D eigenvalue weighted by Gasteiger charge is -2.26. The second kappa shape index (κ2) is 11.5. The van der Waals surface area contributed by atoms with Crippen LogP contribution in [0, 0.1) is 11.3 Å². The molecule has 0 aliphatic carbocycles. The van der Waals surface area contributed by atoms with Crippen LogP contribution in [0.1, 0.15) is 17.0 Å². The quantitative estimate of drug-likeness (QED) is 0.480. The van der Waals surface area contributed by atoms with Crippen molar-refractivity contribution in [1.82, 2.24) is 14.9 Å². The lowest BCUT2D eigenvalue weighted by Crippen LogP contribution is -2.38. The Morgan fingerprint density at radius 1 is 1.00 bits per heavy atom. The first-order valence-electron chi connectivity index (χ1n) is 11.2. The number of benzene rings is 2. The van der Waals surface area contributed by atoms with Gasteiger partial charge in [-0.05, 0) is 42.0 Å². The van der Waals surface area contributed by atoms with Crippen LogP contribution in [0.25, 0.3) is 11.3 Å². The Labute approximate surface area is 199 Å². The summed E-state index contributed by atoms with van der Waals surface area (Å²) in [7, 11) is 3.19. The van der Waals surface area contributed by atoms with Crippen molar-refractivity contribution in [3.05, 3.63) is 65.6 Å². The molecule has 1 aliphatic heterocycles. The Morgan fingerprint density at radius 3 is 2.56 bits per heavy atom. The molecule has 0 atom stereocenters. The SMILES string of the molecule is COc1ccc(-c2ccnc(Cc3ccc(OC)c(OCCN4CCOCC4)c3)n2)cc1C#N. The summed E-state index contributed by atoms with van der Waals surface area (Å²) in [4.78, 5) is 11.5. The number of nitrogens with zero attached hydrogens (tertiary/aromatic N) is 4. The topological polar surface area (TPSA) is 89.7 Å². The number of methoxy groups -OCH3 is 2. The normalized spacial score (nSPS) is 13.8. The third-order valence-corrected chi connectivity index (χ3v) is 5.68. The highest BCUT2D eigenvalue weighted by molar-refractivity contribution is 5.64. The highest BCUT2D eigenvalue weighted by Crippen LogP contribution is 2.29. The average Bonchev–Trinajstić information content (AvgIpc) is 2.89. The van der Waals surface area contributed by atoms with E-state index in [0.29, 0.717) is 41.7 Å². The van der Waals surface area contributed by atoms with Crippen LogP contribution in [-0.2, 0) is 11.2 Å². The number of rotatable bonds is 9. The summed E-state index contributed by atoms with van der Waals surface area (Å²) in [5.41, 5.74) is 3.07. The number of ether oxygens (including phenoxy) is 4. The Morgan fingerprint density at radius 2 is 1.79 bits per heavy atom. The van der Waals surface area contributed by atoms with Crippen LogP contribution in [0.5, 0.6) is 17.2 Å². The van der Waals surface area contributed by atoms with Gasteiger partial charge in [-0.25, -0.2) is 9.97 Å².